The van der Waals surface area contributed by atoms with E-state index in [-0.39, 0.29) is 5.78 Å². The number of rotatable bonds is 6. The minimum Gasteiger partial charge on any atom is -0.289 e. The zero-order valence-electron chi connectivity index (χ0n) is 18.8. The molecule has 1 nitrogen and oxygen atoms in total. The molecule has 1 heteroatoms. The highest BCUT2D eigenvalue weighted by molar-refractivity contribution is 6.09. The van der Waals surface area contributed by atoms with E-state index in [9.17, 15) is 4.79 Å². The molecule has 0 radical (unpaired) electrons. The van der Waals surface area contributed by atoms with Crippen molar-refractivity contribution >= 4 is 16.9 Å². The van der Waals surface area contributed by atoms with Gasteiger partial charge in [0.25, 0.3) is 0 Å². The molecule has 0 amide bonds. The summed E-state index contributed by atoms with van der Waals surface area (Å²) in [6, 6.07) is 48.8. The monoisotopic (exact) mass is 436 g/mol. The van der Waals surface area contributed by atoms with Crippen molar-refractivity contribution in [3.63, 3.8) is 0 Å². The summed E-state index contributed by atoms with van der Waals surface area (Å²) >= 11 is 0. The van der Waals surface area contributed by atoms with E-state index in [1.165, 1.54) is 0 Å². The average Bonchev–Trinajstić information content (AvgIpc) is 2.93. The van der Waals surface area contributed by atoms with E-state index in [1.54, 1.807) is 0 Å². The lowest BCUT2D eigenvalue weighted by molar-refractivity contribution is 0.103. The van der Waals surface area contributed by atoms with Crippen molar-refractivity contribution in [2.75, 3.05) is 0 Å². The van der Waals surface area contributed by atoms with Crippen LogP contribution >= 0.6 is 0 Å². The molecule has 0 aromatic heterocycles. The summed E-state index contributed by atoms with van der Waals surface area (Å²) in [5.41, 5.74) is 8.18. The normalized spacial score (nSPS) is 10.5. The number of benzene rings is 5. The number of ketones is 1. The van der Waals surface area contributed by atoms with Gasteiger partial charge in [-0.05, 0) is 33.4 Å². The highest BCUT2D eigenvalue weighted by Crippen LogP contribution is 2.36. The van der Waals surface area contributed by atoms with Crippen molar-refractivity contribution in [2.24, 2.45) is 0 Å². The molecule has 0 heterocycles. The Kier molecular flexibility index (Phi) is 6.27. The SMILES string of the molecule is O=C(c1ccccc1)c1ccc(C(=C(c2ccccc2)c2ccccc2)c2ccccc2)cc1. The molecule has 34 heavy (non-hydrogen) atoms. The van der Waals surface area contributed by atoms with Gasteiger partial charge in [0.2, 0.25) is 0 Å². The van der Waals surface area contributed by atoms with Crippen LogP contribution in [0.15, 0.2) is 146 Å². The first-order valence-electron chi connectivity index (χ1n) is 11.4. The van der Waals surface area contributed by atoms with Gasteiger partial charge in [0.1, 0.15) is 0 Å². The lowest BCUT2D eigenvalue weighted by Gasteiger charge is -2.18. The Labute approximate surface area is 200 Å². The molecule has 162 valence electrons. The first kappa shape index (κ1) is 21.4. The van der Waals surface area contributed by atoms with Crippen LogP contribution in [0.4, 0.5) is 0 Å². The van der Waals surface area contributed by atoms with Crippen LogP contribution in [0.2, 0.25) is 0 Å². The van der Waals surface area contributed by atoms with Crippen LogP contribution in [-0.4, -0.2) is 5.78 Å². The molecule has 5 aromatic carbocycles. The largest absolute Gasteiger partial charge is 0.289 e. The number of hydrogen-bond acceptors (Lipinski definition) is 1. The summed E-state index contributed by atoms with van der Waals surface area (Å²) < 4.78 is 0. The van der Waals surface area contributed by atoms with Crippen molar-refractivity contribution in [1.29, 1.82) is 0 Å². The average molecular weight is 437 g/mol. The topological polar surface area (TPSA) is 17.1 Å². The molecule has 0 aliphatic carbocycles. The summed E-state index contributed by atoms with van der Waals surface area (Å²) in [6.07, 6.45) is 0. The molecule has 0 aliphatic rings. The minimum absolute atomic E-state index is 0.0312. The van der Waals surface area contributed by atoms with E-state index in [2.05, 4.69) is 84.9 Å². The molecule has 5 rings (SSSR count). The van der Waals surface area contributed by atoms with Crippen LogP contribution in [0.25, 0.3) is 11.1 Å². The first-order valence-corrected chi connectivity index (χ1v) is 11.4. The van der Waals surface area contributed by atoms with E-state index in [4.69, 9.17) is 0 Å². The summed E-state index contributed by atoms with van der Waals surface area (Å²) in [5.74, 6) is 0.0312. The van der Waals surface area contributed by atoms with E-state index in [1.807, 2.05) is 60.7 Å². The number of carbonyl (C=O) groups excluding carboxylic acids is 1. The molecule has 0 spiro atoms. The van der Waals surface area contributed by atoms with Gasteiger partial charge in [-0.1, -0.05) is 146 Å². The maximum absolute atomic E-state index is 13.0. The standard InChI is InChI=1S/C33H24O/c34-33(29-19-11-4-12-20-29)30-23-21-28(22-24-30)32(27-17-9-3-10-18-27)31(25-13-5-1-6-14-25)26-15-7-2-8-16-26/h1-24H. The second-order valence-corrected chi connectivity index (χ2v) is 8.12. The summed E-state index contributed by atoms with van der Waals surface area (Å²) in [6.45, 7) is 0. The van der Waals surface area contributed by atoms with Crippen LogP contribution in [0, 0.1) is 0 Å². The second-order valence-electron chi connectivity index (χ2n) is 8.12. The molecular formula is C33H24O. The highest BCUT2D eigenvalue weighted by Gasteiger charge is 2.17. The fourth-order valence-corrected chi connectivity index (χ4v) is 4.27. The lowest BCUT2D eigenvalue weighted by atomic mass is 9.85. The zero-order chi connectivity index (χ0) is 23.2. The zero-order valence-corrected chi connectivity index (χ0v) is 18.8. The van der Waals surface area contributed by atoms with E-state index in [0.717, 1.165) is 33.4 Å². The van der Waals surface area contributed by atoms with Crippen molar-refractivity contribution in [1.82, 2.24) is 0 Å². The van der Waals surface area contributed by atoms with Crippen molar-refractivity contribution < 1.29 is 4.79 Å². The van der Waals surface area contributed by atoms with Gasteiger partial charge in [0.05, 0.1) is 0 Å². The fourth-order valence-electron chi connectivity index (χ4n) is 4.27. The molecule has 0 N–H and O–H groups in total. The Hall–Kier alpha value is -4.49. The molecule has 0 saturated carbocycles. The van der Waals surface area contributed by atoms with Crippen LogP contribution < -0.4 is 0 Å². The van der Waals surface area contributed by atoms with Gasteiger partial charge in [0.15, 0.2) is 5.78 Å². The quantitative estimate of drug-likeness (QED) is 0.195. The number of carbonyl (C=O) groups is 1. The Morgan fingerprint density at radius 3 is 0.882 bits per heavy atom. The van der Waals surface area contributed by atoms with Gasteiger partial charge >= 0.3 is 0 Å². The minimum atomic E-state index is 0.0312. The van der Waals surface area contributed by atoms with Crippen molar-refractivity contribution in [3.8, 4) is 0 Å². The fraction of sp³-hybridized carbons (Fsp3) is 0. The molecule has 0 fully saturated rings. The number of hydrogen-bond donors (Lipinski definition) is 0. The van der Waals surface area contributed by atoms with Crippen LogP contribution in [0.1, 0.15) is 38.2 Å². The summed E-state index contributed by atoms with van der Waals surface area (Å²) in [7, 11) is 0. The van der Waals surface area contributed by atoms with E-state index in [0.29, 0.717) is 11.1 Å². The lowest BCUT2D eigenvalue weighted by Crippen LogP contribution is -2.02. The Bertz CT molecular complexity index is 1360. The van der Waals surface area contributed by atoms with E-state index >= 15 is 0 Å². The van der Waals surface area contributed by atoms with Gasteiger partial charge in [0, 0.05) is 11.1 Å². The third-order valence-corrected chi connectivity index (χ3v) is 5.91. The third kappa shape index (κ3) is 4.51. The smallest absolute Gasteiger partial charge is 0.193 e. The van der Waals surface area contributed by atoms with Gasteiger partial charge in [-0.3, -0.25) is 4.79 Å². The third-order valence-electron chi connectivity index (χ3n) is 5.91. The molecule has 5 aromatic rings. The summed E-state index contributed by atoms with van der Waals surface area (Å²) in [5, 5.41) is 0. The molecule has 0 aliphatic heterocycles. The van der Waals surface area contributed by atoms with Crippen LogP contribution in [0.3, 0.4) is 0 Å². The highest BCUT2D eigenvalue weighted by atomic mass is 16.1. The van der Waals surface area contributed by atoms with Crippen LogP contribution in [0.5, 0.6) is 0 Å². The molecule has 0 atom stereocenters. The molecule has 0 unspecified atom stereocenters. The predicted octanol–water partition coefficient (Wildman–Crippen LogP) is 7.93. The Balaban J connectivity index is 1.70. The molecule has 0 saturated heterocycles. The molecular weight excluding hydrogens is 412 g/mol. The van der Waals surface area contributed by atoms with Gasteiger partial charge in [-0.15, -0.1) is 0 Å². The Morgan fingerprint density at radius 2 is 0.529 bits per heavy atom. The first-order chi connectivity index (χ1) is 16.8. The maximum Gasteiger partial charge on any atom is 0.193 e. The molecule has 0 bridgehead atoms. The summed E-state index contributed by atoms with van der Waals surface area (Å²) in [4.78, 5) is 13.0. The van der Waals surface area contributed by atoms with Crippen molar-refractivity contribution in [2.45, 2.75) is 0 Å². The Morgan fingerprint density at radius 1 is 0.294 bits per heavy atom. The maximum atomic E-state index is 13.0. The van der Waals surface area contributed by atoms with E-state index < -0.39 is 0 Å². The van der Waals surface area contributed by atoms with Crippen LogP contribution in [-0.2, 0) is 0 Å². The van der Waals surface area contributed by atoms with Crippen molar-refractivity contribution in [3.05, 3.63) is 179 Å². The van der Waals surface area contributed by atoms with Gasteiger partial charge in [-0.25, -0.2) is 0 Å². The van der Waals surface area contributed by atoms with Gasteiger partial charge in [-0.2, -0.15) is 0 Å². The second kappa shape index (κ2) is 9.97. The predicted molar refractivity (Wildman–Crippen MR) is 141 cm³/mol. The van der Waals surface area contributed by atoms with Gasteiger partial charge < -0.3 is 0 Å².